The van der Waals surface area contributed by atoms with Gasteiger partial charge in [0.25, 0.3) is 0 Å². The fourth-order valence-corrected chi connectivity index (χ4v) is 1.43. The predicted molar refractivity (Wildman–Crippen MR) is 99.8 cm³/mol. The number of phosphoric acid groups is 3. The van der Waals surface area contributed by atoms with E-state index in [9.17, 15) is 4.79 Å². The summed E-state index contributed by atoms with van der Waals surface area (Å²) in [5, 5.41) is 9.06. The van der Waals surface area contributed by atoms with Gasteiger partial charge >= 0.3 is 29.2 Å². The van der Waals surface area contributed by atoms with Crippen LogP contribution in [0.3, 0.4) is 0 Å². The molecule has 1 aliphatic rings. The minimum absolute atomic E-state index is 0.107. The summed E-state index contributed by atoms with van der Waals surface area (Å²) in [6, 6.07) is 1.57. The van der Waals surface area contributed by atoms with Gasteiger partial charge in [0.2, 0.25) is 0 Å². The Bertz CT molecular complexity index is 842. The highest BCUT2D eigenvalue weighted by Crippen LogP contribution is 2.51. The van der Waals surface area contributed by atoms with Crippen LogP contribution in [0.5, 0.6) is 0 Å². The molecule has 0 bridgehead atoms. The summed E-state index contributed by atoms with van der Waals surface area (Å²) in [6.45, 7) is 2.06. The Hall–Kier alpha value is -1.29. The summed E-state index contributed by atoms with van der Waals surface area (Å²) in [4.78, 5) is 79.7. The molecule has 0 aliphatic heterocycles. The lowest BCUT2D eigenvalue weighted by atomic mass is 10.1. The van der Waals surface area contributed by atoms with Crippen molar-refractivity contribution in [3.05, 3.63) is 28.3 Å². The van der Waals surface area contributed by atoms with E-state index >= 15 is 0 Å². The number of nitrogen functional groups attached to an aromatic ring is 1. The Kier molecular flexibility index (Phi) is 12.3. The number of anilines is 1. The van der Waals surface area contributed by atoms with Crippen LogP contribution in [0.2, 0.25) is 0 Å². The van der Waals surface area contributed by atoms with Crippen molar-refractivity contribution >= 4 is 35.5 Å². The molecule has 1 atom stereocenters. The zero-order valence-electron chi connectivity index (χ0n) is 15.1. The maximum atomic E-state index is 11.4. The van der Waals surface area contributed by atoms with Gasteiger partial charge in [-0.15, -0.1) is 0 Å². The molecule has 1 unspecified atom stereocenters. The summed E-state index contributed by atoms with van der Waals surface area (Å²) in [7, 11) is -13.9. The quantitative estimate of drug-likeness (QED) is 0.183. The molecule has 0 saturated heterocycles. The molecule has 1 heterocycles. The fraction of sp³-hybridized carbons (Fsp3) is 0.400. The number of aromatic nitrogens is 2. The Balaban J connectivity index is 0. The van der Waals surface area contributed by atoms with E-state index in [-0.39, 0.29) is 17.8 Å². The van der Waals surface area contributed by atoms with Crippen molar-refractivity contribution in [1.82, 2.24) is 9.55 Å². The van der Waals surface area contributed by atoms with Gasteiger partial charge in [0.1, 0.15) is 5.82 Å². The smallest absolute Gasteiger partial charge is 0.395 e. The third-order valence-electron chi connectivity index (χ3n) is 2.73. The molecule has 0 aromatic carbocycles. The number of rotatable bonds is 2. The van der Waals surface area contributed by atoms with E-state index in [4.69, 9.17) is 68.6 Å². The van der Waals surface area contributed by atoms with Crippen LogP contribution in [0.15, 0.2) is 22.6 Å². The van der Waals surface area contributed by atoms with Crippen LogP contribution in [0.25, 0.3) is 6.20 Å². The molecule has 1 aromatic heterocycles. The largest absolute Gasteiger partial charge is 0.466 e. The van der Waals surface area contributed by atoms with Crippen LogP contribution >= 0.6 is 23.5 Å². The number of nitrogens with zero attached hydrogens (tertiary/aromatic N) is 2. The molecule has 2 rings (SSSR count). The first-order valence-corrected chi connectivity index (χ1v) is 11.8. The van der Waals surface area contributed by atoms with Gasteiger partial charge in [0, 0.05) is 17.8 Å². The lowest BCUT2D eigenvalue weighted by molar-refractivity contribution is 0.233. The maximum absolute atomic E-state index is 11.4. The molecule has 176 valence electrons. The topological polar surface area (TPSA) is 314 Å². The zero-order chi connectivity index (χ0) is 24.6. The number of hydrogen-bond acceptors (Lipinski definition) is 7. The molecule has 1 aliphatic carbocycles. The van der Waals surface area contributed by atoms with Crippen LogP contribution < -0.4 is 11.4 Å². The van der Waals surface area contributed by atoms with E-state index < -0.39 is 29.2 Å². The average Bonchev–Trinajstić information content (AvgIpc) is 3.08. The Labute approximate surface area is 168 Å². The molecule has 20 heteroatoms. The molecule has 17 nitrogen and oxygen atoms in total. The highest BCUT2D eigenvalue weighted by Gasteiger charge is 2.43. The van der Waals surface area contributed by atoms with Gasteiger partial charge in [-0.05, 0) is 18.1 Å². The van der Waals surface area contributed by atoms with Crippen molar-refractivity contribution in [2.45, 2.75) is 13.3 Å². The van der Waals surface area contributed by atoms with E-state index in [2.05, 4.69) is 4.98 Å². The first-order valence-electron chi connectivity index (χ1n) is 7.07. The van der Waals surface area contributed by atoms with E-state index in [0.717, 1.165) is 12.0 Å². The summed E-state index contributed by atoms with van der Waals surface area (Å²) < 4.78 is 28.0. The second kappa shape index (κ2) is 11.9. The average molecular weight is 501 g/mol. The summed E-state index contributed by atoms with van der Waals surface area (Å²) >= 11 is 0. The summed E-state index contributed by atoms with van der Waals surface area (Å²) in [5.74, 6) is 0.218. The first-order chi connectivity index (χ1) is 13.0. The fourth-order valence-electron chi connectivity index (χ4n) is 1.43. The standard InChI is InChI=1S/C10H13N3O2.3H3O4P/c1-10(6-14)4-7(10)5-13-3-2-8(11)12-9(13)15;3*1-5(2,3)4/h2-3,5,14H,4,6H2,1H3,(H2,11,12,15);3*(H3,1,2,3,4). The Morgan fingerprint density at radius 1 is 1.03 bits per heavy atom. The van der Waals surface area contributed by atoms with Crippen LogP contribution in [0.4, 0.5) is 5.82 Å². The third kappa shape index (κ3) is 23.0. The lowest BCUT2D eigenvalue weighted by Gasteiger charge is -2.01. The van der Waals surface area contributed by atoms with E-state index in [0.29, 0.717) is 0 Å². The van der Waals surface area contributed by atoms with Crippen molar-refractivity contribution in [2.24, 2.45) is 5.41 Å². The van der Waals surface area contributed by atoms with Gasteiger partial charge < -0.3 is 54.9 Å². The van der Waals surface area contributed by atoms with Crippen molar-refractivity contribution in [1.29, 1.82) is 0 Å². The number of aliphatic hydroxyl groups excluding tert-OH is 1. The van der Waals surface area contributed by atoms with E-state index in [1.807, 2.05) is 6.92 Å². The van der Waals surface area contributed by atoms with Gasteiger partial charge in [-0.3, -0.25) is 4.57 Å². The molecule has 12 N–H and O–H groups in total. The van der Waals surface area contributed by atoms with E-state index in [1.54, 1.807) is 18.5 Å². The highest BCUT2D eigenvalue weighted by atomic mass is 31.2. The summed E-state index contributed by atoms with van der Waals surface area (Å²) in [5.41, 5.74) is 5.88. The zero-order valence-corrected chi connectivity index (χ0v) is 17.7. The third-order valence-corrected chi connectivity index (χ3v) is 2.73. The molecule has 1 fully saturated rings. The minimum atomic E-state index is -4.64. The van der Waals surface area contributed by atoms with Crippen LogP contribution in [0.1, 0.15) is 13.3 Å². The van der Waals surface area contributed by atoms with Crippen molar-refractivity contribution in [3.8, 4) is 0 Å². The molecule has 1 aromatic rings. The molecule has 0 amide bonds. The molecule has 30 heavy (non-hydrogen) atoms. The summed E-state index contributed by atoms with van der Waals surface area (Å²) in [6.07, 6.45) is 4.11. The SMILES string of the molecule is CC1(CO)CC1=Cn1ccc(N)nc1=O.O=P(O)(O)O.O=P(O)(O)O.O=P(O)(O)O. The monoisotopic (exact) mass is 501 g/mol. The molecule has 1 saturated carbocycles. The van der Waals surface area contributed by atoms with Crippen LogP contribution in [-0.4, -0.2) is 65.3 Å². The number of aliphatic hydroxyl groups is 1. The van der Waals surface area contributed by atoms with E-state index in [1.165, 1.54) is 4.57 Å². The van der Waals surface area contributed by atoms with Gasteiger partial charge in [-0.1, -0.05) is 6.92 Å². The maximum Gasteiger partial charge on any atom is 0.466 e. The van der Waals surface area contributed by atoms with Crippen molar-refractivity contribution in [3.63, 3.8) is 0 Å². The van der Waals surface area contributed by atoms with Crippen molar-refractivity contribution < 1.29 is 62.8 Å². The minimum Gasteiger partial charge on any atom is -0.395 e. The van der Waals surface area contributed by atoms with Gasteiger partial charge in [-0.25, -0.2) is 18.5 Å². The van der Waals surface area contributed by atoms with Crippen LogP contribution in [-0.2, 0) is 13.7 Å². The van der Waals surface area contributed by atoms with Gasteiger partial charge in [0.05, 0.1) is 6.61 Å². The van der Waals surface area contributed by atoms with Gasteiger partial charge in [-0.2, -0.15) is 4.98 Å². The molecular formula is C10H22N3O14P3. The molecule has 0 radical (unpaired) electrons. The number of hydrogen-bond donors (Lipinski definition) is 11. The highest BCUT2D eigenvalue weighted by molar-refractivity contribution is 7.45. The predicted octanol–water partition coefficient (Wildman–Crippen LogP) is -2.72. The first kappa shape index (κ1) is 30.9. The van der Waals surface area contributed by atoms with Gasteiger partial charge in [0.15, 0.2) is 0 Å². The molecule has 0 spiro atoms. The second-order valence-corrected chi connectivity index (χ2v) is 8.71. The Morgan fingerprint density at radius 2 is 1.40 bits per heavy atom. The Morgan fingerprint density at radius 3 is 1.67 bits per heavy atom. The normalized spacial score (nSPS) is 19.4. The molecular weight excluding hydrogens is 479 g/mol. The number of nitrogens with two attached hydrogens (primary N) is 1. The second-order valence-electron chi connectivity index (χ2n) is 5.63. The van der Waals surface area contributed by atoms with Crippen molar-refractivity contribution in [2.75, 3.05) is 12.3 Å². The van der Waals surface area contributed by atoms with Crippen LogP contribution in [0, 0.1) is 5.41 Å². The lowest BCUT2D eigenvalue weighted by Crippen LogP contribution is -2.19.